The topological polar surface area (TPSA) is 41.1 Å². The summed E-state index contributed by atoms with van der Waals surface area (Å²) in [5, 5.41) is 4.01. The van der Waals surface area contributed by atoms with Gasteiger partial charge in [-0.25, -0.2) is 9.97 Å². The van der Waals surface area contributed by atoms with Crippen LogP contribution in [0.4, 0.5) is 5.82 Å². The number of halogens is 1. The third kappa shape index (κ3) is 3.57. The highest BCUT2D eigenvalue weighted by Gasteiger charge is 2.19. The van der Waals surface area contributed by atoms with Crippen LogP contribution in [0.1, 0.15) is 37.6 Å². The number of likely N-dealkylation sites (tertiary alicyclic amines) is 1. The molecule has 1 fully saturated rings. The summed E-state index contributed by atoms with van der Waals surface area (Å²) < 4.78 is 0. The lowest BCUT2D eigenvalue weighted by Gasteiger charge is -2.32. The number of hydrogen-bond donors (Lipinski definition) is 1. The molecule has 1 aliphatic rings. The van der Waals surface area contributed by atoms with Crippen LogP contribution in [-0.2, 0) is 6.42 Å². The second kappa shape index (κ2) is 6.53. The standard InChI is InChI=1S/C14H23ClN4/c1-4-12-17-13(15)10(2)14(18-12)16-9-11-7-5-6-8-19(11)3/h11H,4-9H2,1-3H3,(H,16,17,18). The Morgan fingerprint density at radius 1 is 1.37 bits per heavy atom. The molecule has 0 amide bonds. The van der Waals surface area contributed by atoms with Crippen molar-refractivity contribution in [3.8, 4) is 0 Å². The lowest BCUT2D eigenvalue weighted by Crippen LogP contribution is -2.41. The number of nitrogens with one attached hydrogen (secondary N) is 1. The number of rotatable bonds is 4. The van der Waals surface area contributed by atoms with Crippen molar-refractivity contribution in [3.63, 3.8) is 0 Å². The van der Waals surface area contributed by atoms with Gasteiger partial charge >= 0.3 is 0 Å². The smallest absolute Gasteiger partial charge is 0.137 e. The minimum absolute atomic E-state index is 0.561. The van der Waals surface area contributed by atoms with Crippen LogP contribution in [0.5, 0.6) is 0 Å². The molecule has 2 rings (SSSR count). The molecule has 1 N–H and O–H groups in total. The molecule has 106 valence electrons. The van der Waals surface area contributed by atoms with Gasteiger partial charge in [0, 0.05) is 24.6 Å². The van der Waals surface area contributed by atoms with Crippen LogP contribution in [0.2, 0.25) is 5.15 Å². The summed E-state index contributed by atoms with van der Waals surface area (Å²) in [6.07, 6.45) is 4.69. The van der Waals surface area contributed by atoms with Crippen LogP contribution in [0, 0.1) is 6.92 Å². The molecule has 4 nitrogen and oxygen atoms in total. The average Bonchev–Trinajstić information content (AvgIpc) is 2.42. The third-order valence-corrected chi connectivity index (χ3v) is 4.24. The van der Waals surface area contributed by atoms with Crippen LogP contribution in [0.25, 0.3) is 0 Å². The largest absolute Gasteiger partial charge is 0.368 e. The van der Waals surface area contributed by atoms with E-state index in [1.54, 1.807) is 0 Å². The van der Waals surface area contributed by atoms with Crippen molar-refractivity contribution in [1.82, 2.24) is 14.9 Å². The highest BCUT2D eigenvalue weighted by atomic mass is 35.5. The Hall–Kier alpha value is -0.870. The fourth-order valence-electron chi connectivity index (χ4n) is 2.48. The van der Waals surface area contributed by atoms with Crippen molar-refractivity contribution in [3.05, 3.63) is 16.5 Å². The fourth-order valence-corrected chi connectivity index (χ4v) is 2.67. The van der Waals surface area contributed by atoms with E-state index in [-0.39, 0.29) is 0 Å². The Morgan fingerprint density at radius 2 is 2.16 bits per heavy atom. The highest BCUT2D eigenvalue weighted by Crippen LogP contribution is 2.21. The Kier molecular flexibility index (Phi) is 4.99. The quantitative estimate of drug-likeness (QED) is 0.862. The highest BCUT2D eigenvalue weighted by molar-refractivity contribution is 6.30. The zero-order valence-electron chi connectivity index (χ0n) is 12.0. The minimum Gasteiger partial charge on any atom is -0.368 e. The maximum Gasteiger partial charge on any atom is 0.137 e. The summed E-state index contributed by atoms with van der Waals surface area (Å²) in [6, 6.07) is 0.590. The molecule has 1 aliphatic heterocycles. The lowest BCUT2D eigenvalue weighted by molar-refractivity contribution is 0.194. The molecule has 0 aliphatic carbocycles. The predicted molar refractivity (Wildman–Crippen MR) is 79.9 cm³/mol. The van der Waals surface area contributed by atoms with E-state index in [1.807, 2.05) is 13.8 Å². The Morgan fingerprint density at radius 3 is 2.84 bits per heavy atom. The zero-order valence-corrected chi connectivity index (χ0v) is 12.8. The number of hydrogen-bond acceptors (Lipinski definition) is 4. The molecule has 5 heteroatoms. The van der Waals surface area contributed by atoms with Gasteiger partial charge in [-0.05, 0) is 33.4 Å². The van der Waals surface area contributed by atoms with E-state index >= 15 is 0 Å². The molecule has 1 aromatic heterocycles. The van der Waals surface area contributed by atoms with Crippen molar-refractivity contribution in [1.29, 1.82) is 0 Å². The zero-order chi connectivity index (χ0) is 13.8. The van der Waals surface area contributed by atoms with Gasteiger partial charge in [0.25, 0.3) is 0 Å². The molecule has 0 bridgehead atoms. The van der Waals surface area contributed by atoms with Gasteiger partial charge in [-0.2, -0.15) is 0 Å². The van der Waals surface area contributed by atoms with Gasteiger partial charge in [0.1, 0.15) is 16.8 Å². The maximum atomic E-state index is 6.15. The van der Waals surface area contributed by atoms with Crippen LogP contribution in [0.15, 0.2) is 0 Å². The number of anilines is 1. The number of aryl methyl sites for hydroxylation is 1. The number of likely N-dealkylation sites (N-methyl/N-ethyl adjacent to an activating group) is 1. The molecule has 1 unspecified atom stereocenters. The van der Waals surface area contributed by atoms with E-state index in [0.29, 0.717) is 11.2 Å². The van der Waals surface area contributed by atoms with Gasteiger partial charge in [-0.15, -0.1) is 0 Å². The van der Waals surface area contributed by atoms with Crippen LogP contribution in [0.3, 0.4) is 0 Å². The summed E-state index contributed by atoms with van der Waals surface area (Å²) in [6.45, 7) is 6.12. The molecule has 1 atom stereocenters. The van der Waals surface area contributed by atoms with Crippen LogP contribution < -0.4 is 5.32 Å². The molecule has 1 saturated heterocycles. The Labute approximate surface area is 120 Å². The summed E-state index contributed by atoms with van der Waals surface area (Å²) in [5.41, 5.74) is 0.942. The van der Waals surface area contributed by atoms with Crippen molar-refractivity contribution >= 4 is 17.4 Å². The SMILES string of the molecule is CCc1nc(Cl)c(C)c(NCC2CCCCN2C)n1. The fraction of sp³-hybridized carbons (Fsp3) is 0.714. The number of piperidine rings is 1. The monoisotopic (exact) mass is 282 g/mol. The molecule has 0 radical (unpaired) electrons. The van der Waals surface area contributed by atoms with Crippen molar-refractivity contribution in [2.75, 3.05) is 25.5 Å². The van der Waals surface area contributed by atoms with E-state index in [2.05, 4.69) is 27.2 Å². The summed E-state index contributed by atoms with van der Waals surface area (Å²) >= 11 is 6.15. The normalized spacial score (nSPS) is 20.5. The molecule has 2 heterocycles. The predicted octanol–water partition coefficient (Wildman–Crippen LogP) is 2.90. The molecular formula is C14H23ClN4. The first-order valence-corrected chi connectivity index (χ1v) is 7.46. The Bertz CT molecular complexity index is 436. The molecule has 1 aromatic rings. The summed E-state index contributed by atoms with van der Waals surface area (Å²) in [7, 11) is 2.20. The number of aromatic nitrogens is 2. The minimum atomic E-state index is 0.561. The Balaban J connectivity index is 2.04. The molecule has 0 spiro atoms. The van der Waals surface area contributed by atoms with Crippen LogP contribution >= 0.6 is 11.6 Å². The van der Waals surface area contributed by atoms with Gasteiger partial charge in [0.2, 0.25) is 0 Å². The third-order valence-electron chi connectivity index (χ3n) is 3.88. The van der Waals surface area contributed by atoms with Gasteiger partial charge < -0.3 is 10.2 Å². The average molecular weight is 283 g/mol. The molecular weight excluding hydrogens is 260 g/mol. The van der Waals surface area contributed by atoms with Gasteiger partial charge in [-0.1, -0.05) is 24.9 Å². The molecule has 0 saturated carbocycles. The number of nitrogens with zero attached hydrogens (tertiary/aromatic N) is 3. The van der Waals surface area contributed by atoms with Gasteiger partial charge in [0.05, 0.1) is 0 Å². The lowest BCUT2D eigenvalue weighted by atomic mass is 10.0. The van der Waals surface area contributed by atoms with Crippen molar-refractivity contribution < 1.29 is 0 Å². The van der Waals surface area contributed by atoms with Crippen LogP contribution in [-0.4, -0.2) is 41.0 Å². The molecule has 0 aromatic carbocycles. The van der Waals surface area contributed by atoms with E-state index < -0.39 is 0 Å². The van der Waals surface area contributed by atoms with Crippen molar-refractivity contribution in [2.24, 2.45) is 0 Å². The van der Waals surface area contributed by atoms with E-state index in [1.165, 1.54) is 25.8 Å². The van der Waals surface area contributed by atoms with E-state index in [9.17, 15) is 0 Å². The van der Waals surface area contributed by atoms with E-state index in [4.69, 9.17) is 11.6 Å². The molecule has 19 heavy (non-hydrogen) atoms. The first-order valence-electron chi connectivity index (χ1n) is 7.09. The second-order valence-corrected chi connectivity index (χ2v) is 5.63. The van der Waals surface area contributed by atoms with E-state index in [0.717, 1.165) is 30.2 Å². The summed E-state index contributed by atoms with van der Waals surface area (Å²) in [5.74, 6) is 1.69. The van der Waals surface area contributed by atoms with Gasteiger partial charge in [-0.3, -0.25) is 0 Å². The first-order chi connectivity index (χ1) is 9.11. The van der Waals surface area contributed by atoms with Gasteiger partial charge in [0.15, 0.2) is 0 Å². The maximum absolute atomic E-state index is 6.15. The first kappa shape index (κ1) is 14.5. The van der Waals surface area contributed by atoms with Crippen molar-refractivity contribution in [2.45, 2.75) is 45.6 Å². The summed E-state index contributed by atoms with van der Waals surface area (Å²) in [4.78, 5) is 11.2. The second-order valence-electron chi connectivity index (χ2n) is 5.27.